The number of likely N-dealkylation sites (tertiary alicyclic amines) is 1. The molecule has 0 spiro atoms. The molecule has 1 fully saturated rings. The van der Waals surface area contributed by atoms with E-state index in [0.717, 1.165) is 19.6 Å². The number of hydrogen-bond donors (Lipinski definition) is 1. The Bertz CT molecular complexity index is 1110. The van der Waals surface area contributed by atoms with Crippen molar-refractivity contribution in [3.05, 3.63) is 52.6 Å². The van der Waals surface area contributed by atoms with Gasteiger partial charge in [0.25, 0.3) is 0 Å². The summed E-state index contributed by atoms with van der Waals surface area (Å²) in [5.74, 6) is 0.635. The molecule has 1 N–H and O–H groups in total. The first-order chi connectivity index (χ1) is 13.5. The van der Waals surface area contributed by atoms with Crippen LogP contribution in [0.4, 0.5) is 0 Å². The van der Waals surface area contributed by atoms with Crippen molar-refractivity contribution in [2.75, 3.05) is 26.2 Å². The van der Waals surface area contributed by atoms with E-state index in [2.05, 4.69) is 9.88 Å². The van der Waals surface area contributed by atoms with Crippen molar-refractivity contribution in [2.45, 2.75) is 22.6 Å². The second kappa shape index (κ2) is 7.95. The molecule has 28 heavy (non-hydrogen) atoms. The van der Waals surface area contributed by atoms with Gasteiger partial charge < -0.3 is 9.72 Å². The summed E-state index contributed by atoms with van der Waals surface area (Å²) in [6, 6.07) is 9.80. The van der Waals surface area contributed by atoms with Gasteiger partial charge in [-0.15, -0.1) is 0 Å². The molecule has 1 aromatic heterocycles. The highest BCUT2D eigenvalue weighted by Crippen LogP contribution is 2.36. The lowest BCUT2D eigenvalue weighted by atomic mass is 10.2. The van der Waals surface area contributed by atoms with Crippen molar-refractivity contribution in [3.8, 4) is 5.75 Å². The maximum Gasteiger partial charge on any atom is 0.210 e. The minimum Gasteiger partial charge on any atom is -0.490 e. The minimum atomic E-state index is -3.84. The first kappa shape index (κ1) is 19.6. The Kier molecular flexibility index (Phi) is 5.56. The molecular weight excluding hydrogens is 419 g/mol. The Labute approximate surface area is 174 Å². The molecular formula is C20H20Cl2N2O3S. The summed E-state index contributed by atoms with van der Waals surface area (Å²) < 4.78 is 32.3. The third-order valence-electron chi connectivity index (χ3n) is 4.98. The Hall–Kier alpha value is -1.73. The lowest BCUT2D eigenvalue weighted by molar-refractivity contribution is 0.239. The van der Waals surface area contributed by atoms with Gasteiger partial charge in [0.2, 0.25) is 9.84 Å². The lowest BCUT2D eigenvalue weighted by Crippen LogP contribution is -2.25. The second-order valence-corrected chi connectivity index (χ2v) is 9.54. The van der Waals surface area contributed by atoms with Crippen LogP contribution in [0.1, 0.15) is 12.8 Å². The van der Waals surface area contributed by atoms with Crippen molar-refractivity contribution in [1.29, 1.82) is 0 Å². The molecule has 2 heterocycles. The lowest BCUT2D eigenvalue weighted by Gasteiger charge is -2.15. The summed E-state index contributed by atoms with van der Waals surface area (Å²) in [6.07, 6.45) is 3.95. The monoisotopic (exact) mass is 438 g/mol. The Morgan fingerprint density at radius 3 is 2.64 bits per heavy atom. The van der Waals surface area contributed by atoms with E-state index in [9.17, 15) is 8.42 Å². The van der Waals surface area contributed by atoms with Gasteiger partial charge in [0, 0.05) is 23.2 Å². The fourth-order valence-corrected chi connectivity index (χ4v) is 5.71. The van der Waals surface area contributed by atoms with Crippen molar-refractivity contribution >= 4 is 43.9 Å². The molecule has 1 saturated heterocycles. The van der Waals surface area contributed by atoms with Gasteiger partial charge >= 0.3 is 0 Å². The summed E-state index contributed by atoms with van der Waals surface area (Å²) in [5, 5.41) is 1.01. The Morgan fingerprint density at radius 1 is 1.07 bits per heavy atom. The number of halogens is 2. The smallest absolute Gasteiger partial charge is 0.210 e. The molecule has 8 heteroatoms. The average Bonchev–Trinajstić information content (AvgIpc) is 3.34. The standard InChI is InChI=1S/C20H20Cl2N2O3S/c21-14-6-7-16(22)18(12-14)28(25,26)19-13-23-20-15(19)4-3-5-17(20)27-11-10-24-8-1-2-9-24/h3-7,12-13,23H,1-2,8-11H2. The summed E-state index contributed by atoms with van der Waals surface area (Å²) in [5.41, 5.74) is 0.653. The number of H-pyrrole nitrogens is 1. The molecule has 0 atom stereocenters. The SMILES string of the molecule is O=S(=O)(c1cc(Cl)ccc1Cl)c1c[nH]c2c(OCCN3CCCC3)cccc12. The van der Waals surface area contributed by atoms with Crippen LogP contribution in [0.15, 0.2) is 52.4 Å². The molecule has 0 amide bonds. The highest BCUT2D eigenvalue weighted by Gasteiger charge is 2.25. The van der Waals surface area contributed by atoms with Crippen LogP contribution in [0.25, 0.3) is 10.9 Å². The van der Waals surface area contributed by atoms with Crippen LogP contribution in [0.5, 0.6) is 5.75 Å². The highest BCUT2D eigenvalue weighted by molar-refractivity contribution is 7.91. The van der Waals surface area contributed by atoms with Crippen molar-refractivity contribution in [2.24, 2.45) is 0 Å². The summed E-state index contributed by atoms with van der Waals surface area (Å²) in [7, 11) is -3.84. The molecule has 5 nitrogen and oxygen atoms in total. The Balaban J connectivity index is 1.65. The van der Waals surface area contributed by atoms with E-state index in [1.165, 1.54) is 31.2 Å². The number of para-hydroxylation sites is 1. The van der Waals surface area contributed by atoms with Crippen LogP contribution in [-0.4, -0.2) is 44.5 Å². The molecule has 0 saturated carbocycles. The van der Waals surface area contributed by atoms with E-state index in [0.29, 0.717) is 28.3 Å². The fourth-order valence-electron chi connectivity index (χ4n) is 3.54. The first-order valence-electron chi connectivity index (χ1n) is 9.12. The summed E-state index contributed by atoms with van der Waals surface area (Å²) in [4.78, 5) is 5.56. The van der Waals surface area contributed by atoms with E-state index < -0.39 is 9.84 Å². The number of aromatic nitrogens is 1. The number of nitrogens with one attached hydrogen (secondary N) is 1. The molecule has 1 aliphatic heterocycles. The van der Waals surface area contributed by atoms with Crippen LogP contribution in [0.3, 0.4) is 0 Å². The predicted octanol–water partition coefficient (Wildman–Crippen LogP) is 4.78. The molecule has 0 radical (unpaired) electrons. The van der Waals surface area contributed by atoms with Crippen LogP contribution >= 0.6 is 23.2 Å². The number of benzene rings is 2. The van der Waals surface area contributed by atoms with Crippen molar-refractivity contribution in [3.63, 3.8) is 0 Å². The van der Waals surface area contributed by atoms with Gasteiger partial charge in [-0.3, -0.25) is 4.90 Å². The third-order valence-corrected chi connectivity index (χ3v) is 7.49. The zero-order valence-electron chi connectivity index (χ0n) is 15.1. The number of nitrogens with zero attached hydrogens (tertiary/aromatic N) is 1. The predicted molar refractivity (Wildman–Crippen MR) is 111 cm³/mol. The normalized spacial score (nSPS) is 15.4. The number of aromatic amines is 1. The third kappa shape index (κ3) is 3.74. The molecule has 2 aromatic carbocycles. The van der Waals surface area contributed by atoms with Crippen LogP contribution in [-0.2, 0) is 9.84 Å². The number of ether oxygens (including phenoxy) is 1. The van der Waals surface area contributed by atoms with E-state index in [1.54, 1.807) is 18.2 Å². The van der Waals surface area contributed by atoms with E-state index >= 15 is 0 Å². The zero-order valence-corrected chi connectivity index (χ0v) is 17.4. The van der Waals surface area contributed by atoms with Crippen LogP contribution < -0.4 is 4.74 Å². The van der Waals surface area contributed by atoms with Crippen molar-refractivity contribution < 1.29 is 13.2 Å². The number of fused-ring (bicyclic) bond motifs is 1. The number of sulfone groups is 1. The molecule has 0 aliphatic carbocycles. The molecule has 1 aliphatic rings. The molecule has 0 unspecified atom stereocenters. The number of hydrogen-bond acceptors (Lipinski definition) is 4. The second-order valence-electron chi connectivity index (χ2n) is 6.81. The van der Waals surface area contributed by atoms with Crippen molar-refractivity contribution in [1.82, 2.24) is 9.88 Å². The molecule has 0 bridgehead atoms. The average molecular weight is 439 g/mol. The largest absolute Gasteiger partial charge is 0.490 e. The topological polar surface area (TPSA) is 62.4 Å². The summed E-state index contributed by atoms with van der Waals surface area (Å²) >= 11 is 12.1. The van der Waals surface area contributed by atoms with E-state index in [1.807, 2.05) is 6.07 Å². The quantitative estimate of drug-likeness (QED) is 0.601. The molecule has 4 rings (SSSR count). The zero-order chi connectivity index (χ0) is 19.7. The van der Waals surface area contributed by atoms with Gasteiger partial charge in [-0.25, -0.2) is 8.42 Å². The minimum absolute atomic E-state index is 0.0112. The fraction of sp³-hybridized carbons (Fsp3) is 0.300. The maximum atomic E-state index is 13.2. The van der Waals surface area contributed by atoms with Gasteiger partial charge in [0.05, 0.1) is 20.3 Å². The summed E-state index contributed by atoms with van der Waals surface area (Å²) in [6.45, 7) is 3.64. The van der Waals surface area contributed by atoms with Gasteiger partial charge in [-0.2, -0.15) is 0 Å². The Morgan fingerprint density at radius 2 is 1.86 bits per heavy atom. The van der Waals surface area contributed by atoms with E-state index in [-0.39, 0.29) is 14.8 Å². The molecule has 148 valence electrons. The highest BCUT2D eigenvalue weighted by atomic mass is 35.5. The van der Waals surface area contributed by atoms with Crippen LogP contribution in [0, 0.1) is 0 Å². The molecule has 3 aromatic rings. The van der Waals surface area contributed by atoms with Gasteiger partial charge in [-0.05, 0) is 50.2 Å². The first-order valence-corrected chi connectivity index (χ1v) is 11.4. The number of rotatable bonds is 6. The van der Waals surface area contributed by atoms with Gasteiger partial charge in [0.15, 0.2) is 0 Å². The van der Waals surface area contributed by atoms with Gasteiger partial charge in [-0.1, -0.05) is 35.3 Å². The van der Waals surface area contributed by atoms with Gasteiger partial charge in [0.1, 0.15) is 12.4 Å². The maximum absolute atomic E-state index is 13.2. The van der Waals surface area contributed by atoms with E-state index in [4.69, 9.17) is 27.9 Å². The van der Waals surface area contributed by atoms with Crippen LogP contribution in [0.2, 0.25) is 10.0 Å².